The summed E-state index contributed by atoms with van der Waals surface area (Å²) in [6.45, 7) is -0.270. The minimum Gasteiger partial charge on any atom is -0.454 e. The molecule has 2 heterocycles. The van der Waals surface area contributed by atoms with Gasteiger partial charge in [0, 0.05) is 24.4 Å². The highest BCUT2D eigenvalue weighted by molar-refractivity contribution is 5.93. The molecule has 0 unspecified atom stereocenters. The van der Waals surface area contributed by atoms with Crippen LogP contribution in [0.2, 0.25) is 0 Å². The van der Waals surface area contributed by atoms with Crippen molar-refractivity contribution in [2.24, 2.45) is 0 Å². The molecule has 154 valence electrons. The summed E-state index contributed by atoms with van der Waals surface area (Å²) in [5.41, 5.74) is -1.18. The Morgan fingerprint density at radius 3 is 2.70 bits per heavy atom. The number of rotatable bonds is 5. The van der Waals surface area contributed by atoms with Crippen LogP contribution in [0, 0.1) is 11.6 Å². The minimum atomic E-state index is -0.822. The second-order valence-electron chi connectivity index (χ2n) is 6.50. The summed E-state index contributed by atoms with van der Waals surface area (Å²) in [7, 11) is 0. The molecule has 4 rings (SSSR count). The third kappa shape index (κ3) is 3.79. The van der Waals surface area contributed by atoms with Gasteiger partial charge >= 0.3 is 5.69 Å². The van der Waals surface area contributed by atoms with Crippen molar-refractivity contribution in [3.05, 3.63) is 91.8 Å². The summed E-state index contributed by atoms with van der Waals surface area (Å²) in [6.07, 6.45) is 0.997. The largest absolute Gasteiger partial charge is 0.454 e. The zero-order valence-electron chi connectivity index (χ0n) is 15.4. The Hall–Kier alpha value is -3.95. The standard InChI is InChI=1S/C20H15F2N3O5/c21-13-3-2-12(15(22)6-13)7-23-18(26)14-8-24-20(28)25(19(14)27)9-11-1-4-16-17(5-11)30-10-29-16/h1-6,8H,7,9-10H2,(H,23,26)(H,24,28). The van der Waals surface area contributed by atoms with Crippen molar-refractivity contribution < 1.29 is 23.0 Å². The van der Waals surface area contributed by atoms with Gasteiger partial charge in [-0.05, 0) is 23.8 Å². The molecule has 0 atom stereocenters. The first kappa shape index (κ1) is 19.4. The van der Waals surface area contributed by atoms with Crippen molar-refractivity contribution >= 4 is 5.91 Å². The molecule has 30 heavy (non-hydrogen) atoms. The molecule has 0 saturated carbocycles. The molecule has 8 nitrogen and oxygen atoms in total. The highest BCUT2D eigenvalue weighted by Gasteiger charge is 2.17. The number of hydrogen-bond donors (Lipinski definition) is 2. The van der Waals surface area contributed by atoms with Gasteiger partial charge in [0.1, 0.15) is 17.2 Å². The van der Waals surface area contributed by atoms with Crippen LogP contribution in [0.4, 0.5) is 8.78 Å². The molecule has 0 fully saturated rings. The van der Waals surface area contributed by atoms with Crippen LogP contribution in [0.25, 0.3) is 0 Å². The number of aromatic amines is 1. The first-order chi connectivity index (χ1) is 14.4. The number of carbonyl (C=O) groups is 1. The quantitative estimate of drug-likeness (QED) is 0.658. The van der Waals surface area contributed by atoms with Gasteiger partial charge in [-0.25, -0.2) is 13.6 Å². The fourth-order valence-corrected chi connectivity index (χ4v) is 2.98. The van der Waals surface area contributed by atoms with Crippen molar-refractivity contribution in [3.63, 3.8) is 0 Å². The summed E-state index contributed by atoms with van der Waals surface area (Å²) in [6, 6.07) is 7.91. The molecule has 0 aliphatic carbocycles. The Morgan fingerprint density at radius 2 is 1.90 bits per heavy atom. The number of carbonyl (C=O) groups excluding carboxylic acids is 1. The van der Waals surface area contributed by atoms with Crippen LogP contribution in [0.5, 0.6) is 11.5 Å². The number of nitrogens with one attached hydrogen (secondary N) is 2. The Bertz CT molecular complexity index is 1250. The Morgan fingerprint density at radius 1 is 1.10 bits per heavy atom. The molecule has 10 heteroatoms. The lowest BCUT2D eigenvalue weighted by atomic mass is 10.2. The number of nitrogens with zero attached hydrogens (tertiary/aromatic N) is 1. The zero-order chi connectivity index (χ0) is 21.3. The molecular weight excluding hydrogens is 400 g/mol. The lowest BCUT2D eigenvalue weighted by Crippen LogP contribution is -2.40. The third-order valence-corrected chi connectivity index (χ3v) is 4.54. The molecule has 1 aliphatic heterocycles. The van der Waals surface area contributed by atoms with Crippen molar-refractivity contribution in [1.82, 2.24) is 14.9 Å². The van der Waals surface area contributed by atoms with Gasteiger partial charge in [0.05, 0.1) is 6.54 Å². The van der Waals surface area contributed by atoms with Gasteiger partial charge in [0.2, 0.25) is 6.79 Å². The Kier molecular flexibility index (Phi) is 5.05. The lowest BCUT2D eigenvalue weighted by Gasteiger charge is -2.09. The summed E-state index contributed by atoms with van der Waals surface area (Å²) in [5, 5.41) is 2.39. The van der Waals surface area contributed by atoms with E-state index < -0.39 is 28.8 Å². The maximum atomic E-state index is 13.7. The van der Waals surface area contributed by atoms with E-state index in [9.17, 15) is 23.2 Å². The van der Waals surface area contributed by atoms with Gasteiger partial charge in [-0.15, -0.1) is 0 Å². The molecule has 1 aromatic heterocycles. The van der Waals surface area contributed by atoms with Crippen LogP contribution >= 0.6 is 0 Å². The van der Waals surface area contributed by atoms with E-state index in [0.29, 0.717) is 23.1 Å². The fourth-order valence-electron chi connectivity index (χ4n) is 2.98. The van der Waals surface area contributed by atoms with Gasteiger partial charge in [0.15, 0.2) is 11.5 Å². The maximum absolute atomic E-state index is 13.7. The van der Waals surface area contributed by atoms with E-state index in [2.05, 4.69) is 10.3 Å². The number of hydrogen-bond acceptors (Lipinski definition) is 5. The maximum Gasteiger partial charge on any atom is 0.328 e. The average molecular weight is 415 g/mol. The topological polar surface area (TPSA) is 102 Å². The molecular formula is C20H15F2N3O5. The SMILES string of the molecule is O=C(NCc1ccc(F)cc1F)c1c[nH]c(=O)n(Cc2ccc3c(c2)OCO3)c1=O. The van der Waals surface area contributed by atoms with Gasteiger partial charge in [0.25, 0.3) is 11.5 Å². The number of amides is 1. The minimum absolute atomic E-state index is 0.0508. The van der Waals surface area contributed by atoms with Crippen molar-refractivity contribution in [2.45, 2.75) is 13.1 Å². The first-order valence-electron chi connectivity index (χ1n) is 8.85. The number of aromatic nitrogens is 2. The van der Waals surface area contributed by atoms with Crippen LogP contribution in [-0.2, 0) is 13.1 Å². The summed E-state index contributed by atoms with van der Waals surface area (Å²) in [5.74, 6) is -1.32. The monoisotopic (exact) mass is 415 g/mol. The van der Waals surface area contributed by atoms with E-state index in [0.717, 1.165) is 16.8 Å². The smallest absolute Gasteiger partial charge is 0.328 e. The molecule has 0 saturated heterocycles. The van der Waals surface area contributed by atoms with Crippen molar-refractivity contribution in [3.8, 4) is 11.5 Å². The van der Waals surface area contributed by atoms with Gasteiger partial charge in [-0.3, -0.25) is 14.2 Å². The highest BCUT2D eigenvalue weighted by Crippen LogP contribution is 2.32. The summed E-state index contributed by atoms with van der Waals surface area (Å²) in [4.78, 5) is 39.6. The van der Waals surface area contributed by atoms with Crippen LogP contribution in [-0.4, -0.2) is 22.3 Å². The average Bonchev–Trinajstić information content (AvgIpc) is 3.18. The molecule has 0 radical (unpaired) electrons. The number of benzene rings is 2. The number of H-pyrrole nitrogens is 1. The second-order valence-corrected chi connectivity index (χ2v) is 6.50. The lowest BCUT2D eigenvalue weighted by molar-refractivity contribution is 0.0948. The normalized spacial score (nSPS) is 12.1. The number of ether oxygens (including phenoxy) is 2. The van der Waals surface area contributed by atoms with Crippen LogP contribution < -0.4 is 26.0 Å². The predicted molar refractivity (Wildman–Crippen MR) is 101 cm³/mol. The van der Waals surface area contributed by atoms with Gasteiger partial charge in [-0.1, -0.05) is 12.1 Å². The number of fused-ring (bicyclic) bond motifs is 1. The predicted octanol–water partition coefficient (Wildman–Crippen LogP) is 1.52. The third-order valence-electron chi connectivity index (χ3n) is 4.54. The molecule has 2 aromatic carbocycles. The molecule has 3 aromatic rings. The van der Waals surface area contributed by atoms with Crippen molar-refractivity contribution in [2.75, 3.05) is 6.79 Å². The Labute approximate surface area is 167 Å². The van der Waals surface area contributed by atoms with Crippen LogP contribution in [0.1, 0.15) is 21.5 Å². The summed E-state index contributed by atoms with van der Waals surface area (Å²) >= 11 is 0. The first-order valence-corrected chi connectivity index (χ1v) is 8.85. The fraction of sp³-hybridized carbons (Fsp3) is 0.150. The molecule has 0 bridgehead atoms. The molecule has 1 aliphatic rings. The van der Waals surface area contributed by atoms with E-state index in [-0.39, 0.29) is 31.0 Å². The highest BCUT2D eigenvalue weighted by atomic mass is 19.1. The van der Waals surface area contributed by atoms with Crippen LogP contribution in [0.15, 0.2) is 52.2 Å². The molecule has 2 N–H and O–H groups in total. The second kappa shape index (κ2) is 7.82. The van der Waals surface area contributed by atoms with Gasteiger partial charge < -0.3 is 19.8 Å². The molecule has 0 spiro atoms. The van der Waals surface area contributed by atoms with E-state index in [1.807, 2.05) is 0 Å². The van der Waals surface area contributed by atoms with Crippen LogP contribution in [0.3, 0.4) is 0 Å². The van der Waals surface area contributed by atoms with E-state index in [4.69, 9.17) is 9.47 Å². The van der Waals surface area contributed by atoms with E-state index >= 15 is 0 Å². The number of halogens is 2. The molecule has 1 amide bonds. The van der Waals surface area contributed by atoms with Crippen molar-refractivity contribution in [1.29, 1.82) is 0 Å². The summed E-state index contributed by atoms with van der Waals surface area (Å²) < 4.78 is 38.1. The zero-order valence-corrected chi connectivity index (χ0v) is 15.4. The van der Waals surface area contributed by atoms with Gasteiger partial charge in [-0.2, -0.15) is 0 Å². The van der Waals surface area contributed by atoms with E-state index in [1.165, 1.54) is 6.07 Å². The Balaban J connectivity index is 1.55. The van der Waals surface area contributed by atoms with E-state index in [1.54, 1.807) is 18.2 Å².